The first-order valence-electron chi connectivity index (χ1n) is 5.32. The highest BCUT2D eigenvalue weighted by molar-refractivity contribution is 7.09. The highest BCUT2D eigenvalue weighted by Crippen LogP contribution is 2.17. The van der Waals surface area contributed by atoms with Gasteiger partial charge in [0.15, 0.2) is 6.29 Å². The molecule has 1 aromatic heterocycles. The summed E-state index contributed by atoms with van der Waals surface area (Å²) in [6, 6.07) is 0.319. The lowest BCUT2D eigenvalue weighted by molar-refractivity contribution is -0.120. The van der Waals surface area contributed by atoms with Crippen molar-refractivity contribution in [2.75, 3.05) is 14.2 Å². The Labute approximate surface area is 101 Å². The fraction of sp³-hybridized carbons (Fsp3) is 0.727. The average molecular weight is 244 g/mol. The Morgan fingerprint density at radius 3 is 2.38 bits per heavy atom. The fourth-order valence-electron chi connectivity index (χ4n) is 1.64. The maximum absolute atomic E-state index is 5.20. The minimum atomic E-state index is -0.234. The van der Waals surface area contributed by atoms with E-state index in [0.717, 1.165) is 10.7 Å². The molecule has 4 nitrogen and oxygen atoms in total. The fourth-order valence-corrected chi connectivity index (χ4v) is 2.35. The molecule has 0 spiro atoms. The van der Waals surface area contributed by atoms with E-state index in [2.05, 4.69) is 22.6 Å². The summed E-state index contributed by atoms with van der Waals surface area (Å²) in [5.41, 5.74) is 1.07. The predicted octanol–water partition coefficient (Wildman–Crippen LogP) is 2.11. The van der Waals surface area contributed by atoms with Crippen molar-refractivity contribution in [1.82, 2.24) is 10.3 Å². The molecule has 0 saturated heterocycles. The summed E-state index contributed by atoms with van der Waals surface area (Å²) in [6.07, 6.45) is -0.234. The summed E-state index contributed by atoms with van der Waals surface area (Å²) in [5, 5.41) is 6.57. The van der Waals surface area contributed by atoms with Gasteiger partial charge in [0, 0.05) is 25.6 Å². The zero-order valence-electron chi connectivity index (χ0n) is 10.5. The maximum atomic E-state index is 5.20. The summed E-state index contributed by atoms with van der Waals surface area (Å²) in [4.78, 5) is 4.45. The van der Waals surface area contributed by atoms with Crippen molar-refractivity contribution in [3.63, 3.8) is 0 Å². The van der Waals surface area contributed by atoms with Crippen molar-refractivity contribution in [2.45, 2.75) is 39.1 Å². The Bertz CT molecular complexity index is 313. The number of nitrogens with one attached hydrogen (secondary N) is 1. The van der Waals surface area contributed by atoms with Gasteiger partial charge in [-0.05, 0) is 20.8 Å². The number of nitrogens with zero attached hydrogens (tertiary/aromatic N) is 1. The molecule has 0 amide bonds. The Balaban J connectivity index is 2.53. The number of ether oxygens (including phenoxy) is 2. The molecule has 0 radical (unpaired) electrons. The Morgan fingerprint density at radius 2 is 1.94 bits per heavy atom. The number of methoxy groups -OCH3 is 2. The SMILES string of the molecule is COC(OC)C(C)NC(C)c1csc(C)n1. The molecule has 0 aliphatic carbocycles. The van der Waals surface area contributed by atoms with Crippen molar-refractivity contribution in [3.05, 3.63) is 16.1 Å². The van der Waals surface area contributed by atoms with Crippen LogP contribution in [-0.2, 0) is 9.47 Å². The number of hydrogen-bond donors (Lipinski definition) is 1. The van der Waals surface area contributed by atoms with E-state index < -0.39 is 0 Å². The highest BCUT2D eigenvalue weighted by Gasteiger charge is 2.19. The molecule has 92 valence electrons. The maximum Gasteiger partial charge on any atom is 0.171 e. The lowest BCUT2D eigenvalue weighted by Gasteiger charge is -2.25. The highest BCUT2D eigenvalue weighted by atomic mass is 32.1. The molecule has 5 heteroatoms. The largest absolute Gasteiger partial charge is 0.354 e. The van der Waals surface area contributed by atoms with Gasteiger partial charge in [-0.15, -0.1) is 11.3 Å². The lowest BCUT2D eigenvalue weighted by atomic mass is 10.2. The minimum Gasteiger partial charge on any atom is -0.354 e. The quantitative estimate of drug-likeness (QED) is 0.778. The minimum absolute atomic E-state index is 0.118. The standard InChI is InChI=1S/C11H20N2O2S/c1-7(10-6-16-9(3)13-10)12-8(2)11(14-4)15-5/h6-8,11-12H,1-5H3. The normalized spacial score (nSPS) is 15.4. The van der Waals surface area contributed by atoms with E-state index in [-0.39, 0.29) is 18.4 Å². The Hall–Kier alpha value is -0.490. The lowest BCUT2D eigenvalue weighted by Crippen LogP contribution is -2.40. The third kappa shape index (κ3) is 3.52. The zero-order valence-corrected chi connectivity index (χ0v) is 11.3. The number of thiazole rings is 1. The molecule has 2 atom stereocenters. The van der Waals surface area contributed by atoms with Crippen LogP contribution in [0.2, 0.25) is 0 Å². The van der Waals surface area contributed by atoms with E-state index in [1.165, 1.54) is 0 Å². The molecule has 1 aromatic rings. The predicted molar refractivity (Wildman–Crippen MR) is 65.7 cm³/mol. The van der Waals surface area contributed by atoms with Crippen LogP contribution in [-0.4, -0.2) is 31.5 Å². The van der Waals surface area contributed by atoms with Crippen LogP contribution in [0.1, 0.15) is 30.6 Å². The second kappa shape index (κ2) is 6.30. The molecule has 0 aliphatic rings. The summed E-state index contributed by atoms with van der Waals surface area (Å²) in [6.45, 7) is 6.14. The molecule has 0 aromatic carbocycles. The van der Waals surface area contributed by atoms with Gasteiger partial charge in [-0.2, -0.15) is 0 Å². The first-order valence-corrected chi connectivity index (χ1v) is 6.20. The van der Waals surface area contributed by atoms with E-state index in [1.807, 2.05) is 13.8 Å². The summed E-state index contributed by atoms with van der Waals surface area (Å²) >= 11 is 1.67. The van der Waals surface area contributed by atoms with Crippen LogP contribution >= 0.6 is 11.3 Å². The van der Waals surface area contributed by atoms with Crippen molar-refractivity contribution in [2.24, 2.45) is 0 Å². The average Bonchev–Trinajstić information content (AvgIpc) is 2.66. The van der Waals surface area contributed by atoms with E-state index >= 15 is 0 Å². The summed E-state index contributed by atoms with van der Waals surface area (Å²) in [5.74, 6) is 0. The van der Waals surface area contributed by atoms with E-state index in [0.29, 0.717) is 0 Å². The number of aromatic nitrogens is 1. The van der Waals surface area contributed by atoms with Gasteiger partial charge in [-0.3, -0.25) is 0 Å². The van der Waals surface area contributed by atoms with Crippen molar-refractivity contribution in [1.29, 1.82) is 0 Å². The second-order valence-electron chi connectivity index (χ2n) is 3.81. The topological polar surface area (TPSA) is 43.4 Å². The smallest absolute Gasteiger partial charge is 0.171 e. The van der Waals surface area contributed by atoms with Crippen LogP contribution in [0.5, 0.6) is 0 Å². The third-order valence-electron chi connectivity index (χ3n) is 2.47. The molecule has 0 saturated carbocycles. The van der Waals surface area contributed by atoms with Crippen LogP contribution in [0.3, 0.4) is 0 Å². The molecule has 0 aliphatic heterocycles. The first kappa shape index (κ1) is 13.6. The molecular weight excluding hydrogens is 224 g/mol. The van der Waals surface area contributed by atoms with Gasteiger partial charge < -0.3 is 14.8 Å². The molecule has 1 heterocycles. The van der Waals surface area contributed by atoms with Gasteiger partial charge in [-0.1, -0.05) is 0 Å². The molecule has 1 N–H and O–H groups in total. The van der Waals surface area contributed by atoms with Gasteiger partial charge in [0.25, 0.3) is 0 Å². The molecule has 2 unspecified atom stereocenters. The number of aryl methyl sites for hydroxylation is 1. The van der Waals surface area contributed by atoms with E-state index in [9.17, 15) is 0 Å². The zero-order chi connectivity index (χ0) is 12.1. The molecule has 0 bridgehead atoms. The van der Waals surface area contributed by atoms with Crippen molar-refractivity contribution >= 4 is 11.3 Å². The van der Waals surface area contributed by atoms with Crippen LogP contribution < -0.4 is 5.32 Å². The Kier molecular flexibility index (Phi) is 5.34. The van der Waals surface area contributed by atoms with Crippen LogP contribution in [0.15, 0.2) is 5.38 Å². The molecule has 16 heavy (non-hydrogen) atoms. The van der Waals surface area contributed by atoms with Gasteiger partial charge in [-0.25, -0.2) is 4.98 Å². The van der Waals surface area contributed by atoms with Gasteiger partial charge in [0.2, 0.25) is 0 Å². The Morgan fingerprint density at radius 1 is 1.31 bits per heavy atom. The first-order chi connectivity index (χ1) is 7.58. The number of rotatable bonds is 6. The monoisotopic (exact) mass is 244 g/mol. The van der Waals surface area contributed by atoms with Crippen molar-refractivity contribution < 1.29 is 9.47 Å². The number of hydrogen-bond acceptors (Lipinski definition) is 5. The third-order valence-corrected chi connectivity index (χ3v) is 3.26. The van der Waals surface area contributed by atoms with E-state index in [1.54, 1.807) is 25.6 Å². The molecular formula is C11H20N2O2S. The summed E-state index contributed by atoms with van der Waals surface area (Å²) in [7, 11) is 3.29. The summed E-state index contributed by atoms with van der Waals surface area (Å²) < 4.78 is 10.4. The molecule has 1 rings (SSSR count). The van der Waals surface area contributed by atoms with Crippen molar-refractivity contribution in [3.8, 4) is 0 Å². The van der Waals surface area contributed by atoms with Gasteiger partial charge in [0.1, 0.15) is 0 Å². The second-order valence-corrected chi connectivity index (χ2v) is 4.87. The van der Waals surface area contributed by atoms with Crippen LogP contribution in [0.4, 0.5) is 0 Å². The van der Waals surface area contributed by atoms with E-state index in [4.69, 9.17) is 9.47 Å². The van der Waals surface area contributed by atoms with Gasteiger partial charge in [0.05, 0.1) is 16.7 Å². The van der Waals surface area contributed by atoms with Crippen LogP contribution in [0, 0.1) is 6.92 Å². The van der Waals surface area contributed by atoms with Gasteiger partial charge >= 0.3 is 0 Å². The van der Waals surface area contributed by atoms with Crippen LogP contribution in [0.25, 0.3) is 0 Å². The molecule has 0 fully saturated rings.